The first-order chi connectivity index (χ1) is 5.66. The van der Waals surface area contributed by atoms with E-state index in [1.807, 2.05) is 11.8 Å². The molecule has 0 aromatic carbocycles. The fraction of sp³-hybridized carbons (Fsp3) is 1.00. The molecule has 0 rings (SSSR count). The van der Waals surface area contributed by atoms with Gasteiger partial charge >= 0.3 is 0 Å². The van der Waals surface area contributed by atoms with E-state index in [1.54, 1.807) is 0 Å². The van der Waals surface area contributed by atoms with Gasteiger partial charge in [-0.3, -0.25) is 0 Å². The normalized spacial score (nSPS) is 13.8. The number of hydrogen-bond acceptors (Lipinski definition) is 3. The predicted octanol–water partition coefficient (Wildman–Crippen LogP) is 1.28. The summed E-state index contributed by atoms with van der Waals surface area (Å²) in [5.41, 5.74) is 0. The highest BCUT2D eigenvalue weighted by Crippen LogP contribution is 2.02. The van der Waals surface area contributed by atoms with E-state index in [2.05, 4.69) is 38.2 Å². The molecule has 1 unspecified atom stereocenters. The second kappa shape index (κ2) is 7.90. The lowest BCUT2D eigenvalue weighted by Gasteiger charge is -2.13. The Balaban J connectivity index is 3.08. The molecule has 0 aromatic rings. The summed E-state index contributed by atoms with van der Waals surface area (Å²) in [4.78, 5) is 2.23. The van der Waals surface area contributed by atoms with Crippen LogP contribution < -0.4 is 5.32 Å². The number of rotatable bonds is 7. The highest BCUT2D eigenvalue weighted by Gasteiger charge is 1.98. The Labute approximate surface area is 81.1 Å². The summed E-state index contributed by atoms with van der Waals surface area (Å²) < 4.78 is 0. The summed E-state index contributed by atoms with van der Waals surface area (Å²) in [6, 6.07) is 0.655. The highest BCUT2D eigenvalue weighted by molar-refractivity contribution is 7.99. The molecule has 0 saturated carbocycles. The molecular formula is C9H22N2S. The third-order valence-corrected chi connectivity index (χ3v) is 2.81. The van der Waals surface area contributed by atoms with Crippen molar-refractivity contribution in [2.75, 3.05) is 38.7 Å². The van der Waals surface area contributed by atoms with Gasteiger partial charge in [0.2, 0.25) is 0 Å². The van der Waals surface area contributed by atoms with Crippen LogP contribution in [0.4, 0.5) is 0 Å². The third-order valence-electron chi connectivity index (χ3n) is 1.60. The number of thioether (sulfide) groups is 1. The van der Waals surface area contributed by atoms with E-state index in [9.17, 15) is 0 Å². The standard InChI is InChI=1S/C9H22N2S/c1-5-10-9(2)8-12-7-6-11(3)4/h9-10H,5-8H2,1-4H3. The largest absolute Gasteiger partial charge is 0.314 e. The van der Waals surface area contributed by atoms with Crippen molar-refractivity contribution in [1.29, 1.82) is 0 Å². The van der Waals surface area contributed by atoms with Crippen LogP contribution in [0.5, 0.6) is 0 Å². The summed E-state index contributed by atoms with van der Waals surface area (Å²) in [6.07, 6.45) is 0. The molecule has 74 valence electrons. The molecular weight excluding hydrogens is 168 g/mol. The minimum absolute atomic E-state index is 0.655. The van der Waals surface area contributed by atoms with Crippen molar-refractivity contribution in [2.45, 2.75) is 19.9 Å². The maximum atomic E-state index is 3.40. The summed E-state index contributed by atoms with van der Waals surface area (Å²) >= 11 is 2.03. The second-order valence-corrected chi connectivity index (χ2v) is 4.49. The van der Waals surface area contributed by atoms with Crippen molar-refractivity contribution < 1.29 is 0 Å². The zero-order valence-electron chi connectivity index (χ0n) is 8.76. The van der Waals surface area contributed by atoms with Gasteiger partial charge in [0.15, 0.2) is 0 Å². The summed E-state index contributed by atoms with van der Waals surface area (Å²) in [7, 11) is 4.24. The molecule has 3 heteroatoms. The van der Waals surface area contributed by atoms with E-state index in [-0.39, 0.29) is 0 Å². The molecule has 0 saturated heterocycles. The van der Waals surface area contributed by atoms with Gasteiger partial charge in [0.25, 0.3) is 0 Å². The van der Waals surface area contributed by atoms with Crippen molar-refractivity contribution in [2.24, 2.45) is 0 Å². The van der Waals surface area contributed by atoms with Gasteiger partial charge in [-0.05, 0) is 27.6 Å². The smallest absolute Gasteiger partial charge is 0.0129 e. The van der Waals surface area contributed by atoms with Crippen molar-refractivity contribution in [1.82, 2.24) is 10.2 Å². The van der Waals surface area contributed by atoms with E-state index in [4.69, 9.17) is 0 Å². The minimum atomic E-state index is 0.655. The van der Waals surface area contributed by atoms with Crippen LogP contribution >= 0.6 is 11.8 Å². The van der Waals surface area contributed by atoms with Crippen LogP contribution in [0.3, 0.4) is 0 Å². The number of hydrogen-bond donors (Lipinski definition) is 1. The average molecular weight is 190 g/mol. The molecule has 0 bridgehead atoms. The monoisotopic (exact) mass is 190 g/mol. The Morgan fingerprint density at radius 3 is 2.58 bits per heavy atom. The first-order valence-electron chi connectivity index (χ1n) is 4.62. The van der Waals surface area contributed by atoms with Crippen molar-refractivity contribution in [3.05, 3.63) is 0 Å². The molecule has 0 aliphatic rings. The molecule has 0 radical (unpaired) electrons. The molecule has 0 aliphatic carbocycles. The van der Waals surface area contributed by atoms with E-state index < -0.39 is 0 Å². The lowest BCUT2D eigenvalue weighted by molar-refractivity contribution is 0.437. The SMILES string of the molecule is CCNC(C)CSCCN(C)C. The summed E-state index contributed by atoms with van der Waals surface area (Å²) in [6.45, 7) is 6.66. The Hall–Kier alpha value is 0.270. The topological polar surface area (TPSA) is 15.3 Å². The van der Waals surface area contributed by atoms with Crippen molar-refractivity contribution in [3.63, 3.8) is 0 Å². The zero-order valence-corrected chi connectivity index (χ0v) is 9.58. The number of nitrogens with zero attached hydrogens (tertiary/aromatic N) is 1. The Morgan fingerprint density at radius 1 is 1.42 bits per heavy atom. The van der Waals surface area contributed by atoms with Gasteiger partial charge < -0.3 is 10.2 Å². The molecule has 0 heterocycles. The quantitative estimate of drug-likeness (QED) is 0.609. The van der Waals surface area contributed by atoms with E-state index in [1.165, 1.54) is 18.1 Å². The summed E-state index contributed by atoms with van der Waals surface area (Å²) in [5, 5.41) is 3.40. The van der Waals surface area contributed by atoms with E-state index in [0.717, 1.165) is 6.54 Å². The van der Waals surface area contributed by atoms with Crippen LogP contribution in [-0.2, 0) is 0 Å². The lowest BCUT2D eigenvalue weighted by atomic mass is 10.4. The van der Waals surface area contributed by atoms with E-state index in [0.29, 0.717) is 6.04 Å². The molecule has 0 amide bonds. The van der Waals surface area contributed by atoms with Crippen molar-refractivity contribution >= 4 is 11.8 Å². The molecule has 12 heavy (non-hydrogen) atoms. The Morgan fingerprint density at radius 2 is 2.08 bits per heavy atom. The molecule has 0 aliphatic heterocycles. The van der Waals surface area contributed by atoms with Crippen LogP contribution in [0.1, 0.15) is 13.8 Å². The molecule has 2 nitrogen and oxygen atoms in total. The fourth-order valence-electron chi connectivity index (χ4n) is 0.915. The molecule has 1 N–H and O–H groups in total. The zero-order chi connectivity index (χ0) is 9.40. The van der Waals surface area contributed by atoms with Crippen LogP contribution in [0, 0.1) is 0 Å². The maximum absolute atomic E-state index is 3.40. The third kappa shape index (κ3) is 8.37. The van der Waals surface area contributed by atoms with Crippen LogP contribution in [-0.4, -0.2) is 49.6 Å². The van der Waals surface area contributed by atoms with Crippen LogP contribution in [0.25, 0.3) is 0 Å². The van der Waals surface area contributed by atoms with Gasteiger partial charge in [-0.25, -0.2) is 0 Å². The average Bonchev–Trinajstić information content (AvgIpc) is 1.98. The Bertz CT molecular complexity index is 96.5. The number of nitrogens with one attached hydrogen (secondary N) is 1. The molecule has 0 fully saturated rings. The van der Waals surface area contributed by atoms with Gasteiger partial charge in [-0.15, -0.1) is 0 Å². The first-order valence-corrected chi connectivity index (χ1v) is 5.78. The van der Waals surface area contributed by atoms with Gasteiger partial charge in [0, 0.05) is 24.1 Å². The van der Waals surface area contributed by atoms with Gasteiger partial charge in [0.1, 0.15) is 0 Å². The molecule has 0 spiro atoms. The van der Waals surface area contributed by atoms with Gasteiger partial charge in [-0.2, -0.15) is 11.8 Å². The van der Waals surface area contributed by atoms with Gasteiger partial charge in [0.05, 0.1) is 0 Å². The highest BCUT2D eigenvalue weighted by atomic mass is 32.2. The predicted molar refractivity (Wildman–Crippen MR) is 59.0 cm³/mol. The molecule has 1 atom stereocenters. The fourth-order valence-corrected chi connectivity index (χ4v) is 2.05. The van der Waals surface area contributed by atoms with Crippen molar-refractivity contribution in [3.8, 4) is 0 Å². The maximum Gasteiger partial charge on any atom is 0.0129 e. The minimum Gasteiger partial charge on any atom is -0.314 e. The van der Waals surface area contributed by atoms with Crippen LogP contribution in [0.2, 0.25) is 0 Å². The van der Waals surface area contributed by atoms with Gasteiger partial charge in [-0.1, -0.05) is 6.92 Å². The first kappa shape index (κ1) is 12.3. The van der Waals surface area contributed by atoms with Crippen LogP contribution in [0.15, 0.2) is 0 Å². The summed E-state index contributed by atoms with van der Waals surface area (Å²) in [5.74, 6) is 2.46. The molecule has 0 aromatic heterocycles. The second-order valence-electron chi connectivity index (χ2n) is 3.34. The lowest BCUT2D eigenvalue weighted by Crippen LogP contribution is -2.28. The Kier molecular flexibility index (Phi) is 8.07. The van der Waals surface area contributed by atoms with E-state index >= 15 is 0 Å².